The van der Waals surface area contributed by atoms with Crippen molar-refractivity contribution in [1.82, 2.24) is 9.80 Å². The summed E-state index contributed by atoms with van der Waals surface area (Å²) < 4.78 is 12.3. The van der Waals surface area contributed by atoms with Crippen molar-refractivity contribution in [2.45, 2.75) is 71.5 Å². The van der Waals surface area contributed by atoms with E-state index in [1.165, 1.54) is 9.80 Å². The van der Waals surface area contributed by atoms with Crippen molar-refractivity contribution in [2.75, 3.05) is 20.2 Å². The van der Waals surface area contributed by atoms with Gasteiger partial charge in [0.25, 0.3) is 0 Å². The van der Waals surface area contributed by atoms with E-state index in [4.69, 9.17) is 9.16 Å². The second kappa shape index (κ2) is 10.8. The van der Waals surface area contributed by atoms with Crippen molar-refractivity contribution in [2.24, 2.45) is 29.6 Å². The number of methoxy groups -OCH3 is 1. The molecule has 4 aliphatic rings. The Bertz CT molecular complexity index is 1260. The van der Waals surface area contributed by atoms with Gasteiger partial charge in [0.2, 0.25) is 31.9 Å². The third-order valence-electron chi connectivity index (χ3n) is 9.53. The maximum atomic E-state index is 13.7. The molecule has 0 unspecified atom stereocenters. The van der Waals surface area contributed by atoms with Crippen molar-refractivity contribution < 1.29 is 28.3 Å². The number of hydrogen-bond donors (Lipinski definition) is 0. The summed E-state index contributed by atoms with van der Waals surface area (Å²) in [7, 11) is -0.344. The number of benzene rings is 1. The number of fused-ring (bicyclic) bond motifs is 4. The summed E-state index contributed by atoms with van der Waals surface area (Å²) in [5, 5.41) is 0. The Morgan fingerprint density at radius 3 is 2.12 bits per heavy atom. The fraction of sp³-hybridized carbons (Fsp3) is 0.613. The molecule has 0 N–H and O–H groups in total. The zero-order chi connectivity index (χ0) is 28.9. The molecule has 0 aromatic heterocycles. The van der Waals surface area contributed by atoms with Crippen LogP contribution in [0.2, 0.25) is 19.1 Å². The maximum absolute atomic E-state index is 13.7. The zero-order valence-electron chi connectivity index (χ0n) is 24.6. The number of likely N-dealkylation sites (tertiary alicyclic amines) is 2. The van der Waals surface area contributed by atoms with Gasteiger partial charge in [-0.15, -0.1) is 0 Å². The Balaban J connectivity index is 1.57. The van der Waals surface area contributed by atoms with E-state index in [-0.39, 0.29) is 35.5 Å². The minimum Gasteiger partial charge on any atom is -0.542 e. The summed E-state index contributed by atoms with van der Waals surface area (Å²) in [6.45, 7) is 10.9. The van der Waals surface area contributed by atoms with Gasteiger partial charge in [0.1, 0.15) is 5.75 Å². The predicted molar refractivity (Wildman–Crippen MR) is 153 cm³/mol. The average Bonchev–Trinajstić information content (AvgIpc) is 3.33. The molecule has 1 aromatic carbocycles. The minimum absolute atomic E-state index is 0.117. The molecule has 2 heterocycles. The Kier molecular flexibility index (Phi) is 7.72. The van der Waals surface area contributed by atoms with E-state index < -0.39 is 32.0 Å². The van der Waals surface area contributed by atoms with E-state index in [9.17, 15) is 19.2 Å². The molecule has 2 aliphatic carbocycles. The van der Waals surface area contributed by atoms with Gasteiger partial charge in [-0.25, -0.2) is 0 Å². The molecule has 0 bridgehead atoms. The fourth-order valence-corrected chi connectivity index (χ4v) is 9.70. The standard InChI is InChI=1S/C31H42N2O6Si/c1-7-10-15-40(5,6)39-23-14-11-18(16-24(23)38-4)25-19-12-13-20-26(30(36)32(8-2)28(20)34)21(19)17-22-27(25)31(37)33(9-3)29(22)35/h11-12,14,16,20-22,25-27H,7-10,13,15,17H2,1-6H3/t20-,21+,22+,25-,26-,27+/m0/s1. The van der Waals surface area contributed by atoms with E-state index in [1.807, 2.05) is 32.0 Å². The van der Waals surface area contributed by atoms with Crippen LogP contribution in [0.3, 0.4) is 0 Å². The molecular weight excluding hydrogens is 524 g/mol. The number of rotatable bonds is 9. The van der Waals surface area contributed by atoms with Crippen LogP contribution in [0.5, 0.6) is 11.5 Å². The van der Waals surface area contributed by atoms with Crippen molar-refractivity contribution in [3.63, 3.8) is 0 Å². The van der Waals surface area contributed by atoms with Crippen LogP contribution in [-0.2, 0) is 19.2 Å². The molecular formula is C31H42N2O6Si. The molecule has 3 fully saturated rings. The monoisotopic (exact) mass is 566 g/mol. The van der Waals surface area contributed by atoms with Crippen LogP contribution in [-0.4, -0.2) is 61.9 Å². The molecule has 40 heavy (non-hydrogen) atoms. The summed E-state index contributed by atoms with van der Waals surface area (Å²) >= 11 is 0. The highest BCUT2D eigenvalue weighted by Gasteiger charge is 2.61. The number of ether oxygens (including phenoxy) is 1. The average molecular weight is 567 g/mol. The number of unbranched alkanes of at least 4 members (excludes halogenated alkanes) is 1. The zero-order valence-corrected chi connectivity index (χ0v) is 25.6. The molecule has 2 aliphatic heterocycles. The largest absolute Gasteiger partial charge is 0.542 e. The number of amides is 4. The lowest BCUT2D eigenvalue weighted by Crippen LogP contribution is -2.43. The molecule has 6 atom stereocenters. The number of hydrogen-bond acceptors (Lipinski definition) is 6. The van der Waals surface area contributed by atoms with E-state index in [0.29, 0.717) is 37.4 Å². The number of carbonyl (C=O) groups is 4. The summed E-state index contributed by atoms with van der Waals surface area (Å²) in [4.78, 5) is 56.5. The van der Waals surface area contributed by atoms with Gasteiger partial charge in [-0.2, -0.15) is 0 Å². The van der Waals surface area contributed by atoms with Crippen LogP contribution in [0.15, 0.2) is 29.8 Å². The molecule has 2 saturated heterocycles. The van der Waals surface area contributed by atoms with Crippen LogP contribution < -0.4 is 9.16 Å². The number of nitrogens with zero attached hydrogens (tertiary/aromatic N) is 2. The van der Waals surface area contributed by atoms with Gasteiger partial charge in [0, 0.05) is 19.0 Å². The molecule has 1 saturated carbocycles. The highest BCUT2D eigenvalue weighted by Crippen LogP contribution is 2.58. The molecule has 0 spiro atoms. The second-order valence-corrected chi connectivity index (χ2v) is 16.5. The highest BCUT2D eigenvalue weighted by molar-refractivity contribution is 6.71. The normalized spacial score (nSPS) is 29.8. The third kappa shape index (κ3) is 4.50. The Morgan fingerprint density at radius 2 is 1.50 bits per heavy atom. The first-order chi connectivity index (χ1) is 19.1. The molecule has 5 rings (SSSR count). The summed E-state index contributed by atoms with van der Waals surface area (Å²) in [5.41, 5.74) is 1.89. The number of allylic oxidation sites excluding steroid dienone is 2. The molecule has 9 heteroatoms. The Labute approximate surface area is 238 Å². The first-order valence-corrected chi connectivity index (χ1v) is 18.0. The van der Waals surface area contributed by atoms with Crippen LogP contribution >= 0.6 is 0 Å². The molecule has 1 aromatic rings. The van der Waals surface area contributed by atoms with Gasteiger partial charge in [0.15, 0.2) is 5.75 Å². The van der Waals surface area contributed by atoms with E-state index in [0.717, 1.165) is 30.0 Å². The summed E-state index contributed by atoms with van der Waals surface area (Å²) in [6, 6.07) is 6.92. The lowest BCUT2D eigenvalue weighted by atomic mass is 9.57. The van der Waals surface area contributed by atoms with Crippen molar-refractivity contribution >= 4 is 31.9 Å². The molecule has 8 nitrogen and oxygen atoms in total. The quantitative estimate of drug-likeness (QED) is 0.243. The molecule has 216 valence electrons. The van der Waals surface area contributed by atoms with E-state index >= 15 is 0 Å². The number of imide groups is 2. The van der Waals surface area contributed by atoms with Crippen LogP contribution in [0.1, 0.15) is 57.9 Å². The van der Waals surface area contributed by atoms with Gasteiger partial charge >= 0.3 is 0 Å². The SMILES string of the molecule is CCCC[Si](C)(C)Oc1ccc([C@H]2C3=CC[C@@H]4C(=O)N(CC)C(=O)[C@@H]4[C@@H]3C[C@H]3C(=O)N(CC)C(=O)[C@@H]23)cc1OC. The van der Waals surface area contributed by atoms with Gasteiger partial charge < -0.3 is 9.16 Å². The first kappa shape index (κ1) is 28.6. The van der Waals surface area contributed by atoms with E-state index in [2.05, 4.69) is 26.1 Å². The smallest absolute Gasteiger partial charge is 0.245 e. The second-order valence-electron chi connectivity index (χ2n) is 12.2. The lowest BCUT2D eigenvalue weighted by molar-refractivity contribution is -0.141. The van der Waals surface area contributed by atoms with Gasteiger partial charge in [-0.1, -0.05) is 37.5 Å². The first-order valence-electron chi connectivity index (χ1n) is 14.9. The van der Waals surface area contributed by atoms with Gasteiger partial charge in [-0.3, -0.25) is 29.0 Å². The summed E-state index contributed by atoms with van der Waals surface area (Å²) in [5.74, 6) is -1.83. The molecule has 0 radical (unpaired) electrons. The highest BCUT2D eigenvalue weighted by atomic mass is 28.4. The van der Waals surface area contributed by atoms with Crippen LogP contribution in [0.25, 0.3) is 0 Å². The van der Waals surface area contributed by atoms with Gasteiger partial charge in [0.05, 0.1) is 30.8 Å². The van der Waals surface area contributed by atoms with Crippen molar-refractivity contribution in [1.29, 1.82) is 0 Å². The van der Waals surface area contributed by atoms with Gasteiger partial charge in [-0.05, 0) is 69.4 Å². The maximum Gasteiger partial charge on any atom is 0.245 e. The van der Waals surface area contributed by atoms with Crippen molar-refractivity contribution in [3.8, 4) is 11.5 Å². The van der Waals surface area contributed by atoms with E-state index in [1.54, 1.807) is 7.11 Å². The Morgan fingerprint density at radius 1 is 0.850 bits per heavy atom. The van der Waals surface area contributed by atoms with Crippen molar-refractivity contribution in [3.05, 3.63) is 35.4 Å². The topological polar surface area (TPSA) is 93.2 Å². The number of carbonyl (C=O) groups excluding carboxylic acids is 4. The fourth-order valence-electron chi connectivity index (χ4n) is 7.63. The minimum atomic E-state index is -1.96. The third-order valence-corrected chi connectivity index (χ3v) is 11.9. The van der Waals surface area contributed by atoms with Crippen LogP contribution in [0.4, 0.5) is 0 Å². The lowest BCUT2D eigenvalue weighted by Gasteiger charge is -2.44. The van der Waals surface area contributed by atoms with Crippen LogP contribution in [0, 0.1) is 29.6 Å². The predicted octanol–water partition coefficient (Wildman–Crippen LogP) is 4.76. The summed E-state index contributed by atoms with van der Waals surface area (Å²) in [6.07, 6.45) is 5.20. The Hall–Kier alpha value is -2.94. The molecule has 4 amide bonds.